The fourth-order valence-electron chi connectivity index (χ4n) is 2.94. The van der Waals surface area contributed by atoms with E-state index in [-0.39, 0.29) is 11.5 Å². The van der Waals surface area contributed by atoms with E-state index in [1.165, 1.54) is 22.7 Å². The smallest absolute Gasteiger partial charge is 0.182 e. The molecule has 0 saturated carbocycles. The number of nitrogens with zero attached hydrogens (tertiary/aromatic N) is 6. The Bertz CT molecular complexity index is 1290. The van der Waals surface area contributed by atoms with Crippen LogP contribution >= 0.6 is 11.6 Å². The third-order valence-corrected chi connectivity index (χ3v) is 4.39. The van der Waals surface area contributed by atoms with Gasteiger partial charge in [0.15, 0.2) is 17.1 Å². The van der Waals surface area contributed by atoms with Crippen LogP contribution in [0.25, 0.3) is 33.8 Å². The van der Waals surface area contributed by atoms with Gasteiger partial charge in [-0.2, -0.15) is 5.10 Å². The Morgan fingerprint density at radius 3 is 2.41 bits per heavy atom. The van der Waals surface area contributed by atoms with E-state index in [0.717, 1.165) is 11.1 Å². The molecule has 5 aromatic rings. The molecule has 0 fully saturated rings. The van der Waals surface area contributed by atoms with Crippen molar-refractivity contribution < 1.29 is 10.2 Å². The molecular formula is C18H11ClN6O2. The molecule has 8 nitrogen and oxygen atoms in total. The van der Waals surface area contributed by atoms with Crippen LogP contribution in [0.15, 0.2) is 55.0 Å². The predicted octanol–water partition coefficient (Wildman–Crippen LogP) is 3.19. The van der Waals surface area contributed by atoms with Gasteiger partial charge in [-0.25, -0.2) is 19.2 Å². The average molecular weight is 379 g/mol. The van der Waals surface area contributed by atoms with Crippen molar-refractivity contribution in [3.8, 4) is 28.6 Å². The molecule has 0 amide bonds. The van der Waals surface area contributed by atoms with Gasteiger partial charge in [-0.3, -0.25) is 0 Å². The molecule has 0 saturated heterocycles. The van der Waals surface area contributed by atoms with Gasteiger partial charge in [0.1, 0.15) is 17.8 Å². The molecule has 2 aromatic carbocycles. The van der Waals surface area contributed by atoms with E-state index >= 15 is 0 Å². The van der Waals surface area contributed by atoms with Crippen LogP contribution in [0.2, 0.25) is 5.02 Å². The molecule has 9 heteroatoms. The summed E-state index contributed by atoms with van der Waals surface area (Å²) in [5, 5.41) is 29.5. The minimum Gasteiger partial charge on any atom is -0.508 e. The van der Waals surface area contributed by atoms with Crippen molar-refractivity contribution in [3.63, 3.8) is 0 Å². The molecule has 3 heterocycles. The van der Waals surface area contributed by atoms with E-state index in [0.29, 0.717) is 27.7 Å². The van der Waals surface area contributed by atoms with Crippen molar-refractivity contribution in [2.24, 2.45) is 0 Å². The summed E-state index contributed by atoms with van der Waals surface area (Å²) in [6.45, 7) is 0. The summed E-state index contributed by atoms with van der Waals surface area (Å²) in [5.74, 6) is 0.222. The largest absolute Gasteiger partial charge is 0.508 e. The molecule has 0 bridgehead atoms. The molecule has 27 heavy (non-hydrogen) atoms. The summed E-state index contributed by atoms with van der Waals surface area (Å²) in [7, 11) is 0. The second-order valence-electron chi connectivity index (χ2n) is 5.96. The summed E-state index contributed by atoms with van der Waals surface area (Å²) in [4.78, 5) is 8.97. The highest BCUT2D eigenvalue weighted by Crippen LogP contribution is 2.28. The lowest BCUT2D eigenvalue weighted by Gasteiger charge is -2.02. The highest BCUT2D eigenvalue weighted by atomic mass is 35.5. The lowest BCUT2D eigenvalue weighted by Crippen LogP contribution is -1.98. The molecule has 3 aromatic heterocycles. The maximum atomic E-state index is 9.69. The van der Waals surface area contributed by atoms with Crippen LogP contribution in [0, 0.1) is 0 Å². The van der Waals surface area contributed by atoms with Crippen molar-refractivity contribution in [2.45, 2.75) is 0 Å². The molecule has 132 valence electrons. The van der Waals surface area contributed by atoms with Crippen molar-refractivity contribution >= 4 is 28.3 Å². The molecule has 0 aliphatic carbocycles. The summed E-state index contributed by atoms with van der Waals surface area (Å²) in [6, 6.07) is 11.5. The van der Waals surface area contributed by atoms with E-state index < -0.39 is 0 Å². The first-order chi connectivity index (χ1) is 13.1. The number of hydrogen-bond donors (Lipinski definition) is 2. The number of phenolic OH excluding ortho intramolecular Hbond substituents is 2. The Labute approximate surface area is 156 Å². The van der Waals surface area contributed by atoms with Gasteiger partial charge in [0.25, 0.3) is 0 Å². The van der Waals surface area contributed by atoms with E-state index in [4.69, 9.17) is 11.6 Å². The number of fused-ring (bicyclic) bond motifs is 3. The quantitative estimate of drug-likeness (QED) is 0.489. The van der Waals surface area contributed by atoms with Crippen LogP contribution in [0.5, 0.6) is 11.5 Å². The van der Waals surface area contributed by atoms with Gasteiger partial charge < -0.3 is 10.2 Å². The Kier molecular flexibility index (Phi) is 3.28. The second-order valence-corrected chi connectivity index (χ2v) is 6.39. The van der Waals surface area contributed by atoms with E-state index in [9.17, 15) is 10.2 Å². The first-order valence-electron chi connectivity index (χ1n) is 7.97. The standard InChI is InChI=1S/C18H11ClN6O2/c19-11-1-3-12(4-2-11)25-17-15(8-21-25)18-22-16(23-24(18)9-20-17)10-5-13(26)7-14(27)6-10/h1-9,26-27H. The maximum Gasteiger partial charge on any atom is 0.182 e. The summed E-state index contributed by atoms with van der Waals surface area (Å²) in [5.41, 5.74) is 2.51. The number of aromatic nitrogens is 6. The predicted molar refractivity (Wildman–Crippen MR) is 99.2 cm³/mol. The fraction of sp³-hybridized carbons (Fsp3) is 0. The molecule has 0 aliphatic heterocycles. The van der Waals surface area contributed by atoms with Gasteiger partial charge in [-0.1, -0.05) is 11.6 Å². The Hall–Kier alpha value is -3.65. The van der Waals surface area contributed by atoms with Gasteiger partial charge in [-0.15, -0.1) is 5.10 Å². The zero-order chi connectivity index (χ0) is 18.5. The lowest BCUT2D eigenvalue weighted by atomic mass is 10.2. The van der Waals surface area contributed by atoms with Gasteiger partial charge in [0.05, 0.1) is 17.3 Å². The number of halogens is 1. The van der Waals surface area contributed by atoms with Crippen molar-refractivity contribution in [1.29, 1.82) is 0 Å². The lowest BCUT2D eigenvalue weighted by molar-refractivity contribution is 0.451. The fourth-order valence-corrected chi connectivity index (χ4v) is 3.06. The maximum absolute atomic E-state index is 9.69. The average Bonchev–Trinajstić information content (AvgIpc) is 3.25. The van der Waals surface area contributed by atoms with Gasteiger partial charge >= 0.3 is 0 Å². The number of aromatic hydroxyl groups is 2. The zero-order valence-electron chi connectivity index (χ0n) is 13.7. The molecule has 2 N–H and O–H groups in total. The van der Waals surface area contributed by atoms with Crippen molar-refractivity contribution in [1.82, 2.24) is 29.4 Å². The van der Waals surface area contributed by atoms with E-state index in [1.807, 2.05) is 12.1 Å². The van der Waals surface area contributed by atoms with E-state index in [1.54, 1.807) is 29.3 Å². The van der Waals surface area contributed by atoms with Crippen LogP contribution in [-0.4, -0.2) is 39.6 Å². The minimum absolute atomic E-state index is 0.0670. The van der Waals surface area contributed by atoms with Crippen molar-refractivity contribution in [3.05, 3.63) is 60.0 Å². The van der Waals surface area contributed by atoms with Gasteiger partial charge in [-0.05, 0) is 36.4 Å². The first-order valence-corrected chi connectivity index (χ1v) is 8.35. The normalized spacial score (nSPS) is 11.4. The minimum atomic E-state index is -0.0670. The van der Waals surface area contributed by atoms with Crippen LogP contribution in [0.4, 0.5) is 0 Å². The van der Waals surface area contributed by atoms with Crippen LogP contribution < -0.4 is 0 Å². The molecule has 0 spiro atoms. The second kappa shape index (κ2) is 5.68. The Morgan fingerprint density at radius 1 is 0.926 bits per heavy atom. The molecule has 0 unspecified atom stereocenters. The Balaban J connectivity index is 1.69. The number of phenols is 2. The van der Waals surface area contributed by atoms with Crippen molar-refractivity contribution in [2.75, 3.05) is 0 Å². The topological polar surface area (TPSA) is 101 Å². The highest BCUT2D eigenvalue weighted by Gasteiger charge is 2.15. The SMILES string of the molecule is Oc1cc(O)cc(-c2nc3c4cnn(-c5ccc(Cl)cc5)c4ncn3n2)c1. The molecular weight excluding hydrogens is 368 g/mol. The van der Waals surface area contributed by atoms with E-state index in [2.05, 4.69) is 20.2 Å². The van der Waals surface area contributed by atoms with Gasteiger partial charge in [0, 0.05) is 16.7 Å². The summed E-state index contributed by atoms with van der Waals surface area (Å²) >= 11 is 5.95. The number of rotatable bonds is 2. The number of benzene rings is 2. The first kappa shape index (κ1) is 15.6. The molecule has 5 rings (SSSR count). The highest BCUT2D eigenvalue weighted by molar-refractivity contribution is 6.30. The van der Waals surface area contributed by atoms with Crippen LogP contribution in [0.3, 0.4) is 0 Å². The summed E-state index contributed by atoms with van der Waals surface area (Å²) < 4.78 is 3.23. The Morgan fingerprint density at radius 2 is 1.67 bits per heavy atom. The zero-order valence-corrected chi connectivity index (χ0v) is 14.4. The van der Waals surface area contributed by atoms with Crippen LogP contribution in [-0.2, 0) is 0 Å². The molecule has 0 radical (unpaired) electrons. The molecule has 0 aliphatic rings. The monoisotopic (exact) mass is 378 g/mol. The number of hydrogen-bond acceptors (Lipinski definition) is 6. The van der Waals surface area contributed by atoms with Gasteiger partial charge in [0.2, 0.25) is 0 Å². The summed E-state index contributed by atoms with van der Waals surface area (Å²) in [6.07, 6.45) is 3.22. The third kappa shape index (κ3) is 2.54. The third-order valence-electron chi connectivity index (χ3n) is 4.14. The van der Waals surface area contributed by atoms with Crippen LogP contribution in [0.1, 0.15) is 0 Å². The molecule has 0 atom stereocenters.